The van der Waals surface area contributed by atoms with Gasteiger partial charge in [-0.25, -0.2) is 0 Å². The molecule has 0 aromatic carbocycles. The molecule has 16 heavy (non-hydrogen) atoms. The first-order valence-corrected chi connectivity index (χ1v) is 7.11. The van der Waals surface area contributed by atoms with Gasteiger partial charge in [0.1, 0.15) is 6.61 Å². The summed E-state index contributed by atoms with van der Waals surface area (Å²) in [6, 6.07) is 0. The summed E-state index contributed by atoms with van der Waals surface area (Å²) in [7, 11) is 0. The highest BCUT2D eigenvalue weighted by Crippen LogP contribution is 2.12. The molecule has 0 aliphatic carbocycles. The molecule has 0 saturated heterocycles. The first-order valence-electron chi connectivity index (χ1n) is 7.11. The number of oxime groups is 1. The molecule has 0 N–H and O–H groups in total. The van der Waals surface area contributed by atoms with Gasteiger partial charge in [-0.3, -0.25) is 0 Å². The van der Waals surface area contributed by atoms with E-state index >= 15 is 0 Å². The molecule has 1 heterocycles. The van der Waals surface area contributed by atoms with Crippen molar-refractivity contribution in [2.24, 2.45) is 5.16 Å². The zero-order valence-corrected chi connectivity index (χ0v) is 10.8. The summed E-state index contributed by atoms with van der Waals surface area (Å²) in [5, 5.41) is 4.02. The molecule has 1 rings (SSSR count). The molecule has 0 bridgehead atoms. The van der Waals surface area contributed by atoms with Crippen LogP contribution >= 0.6 is 0 Å². The summed E-state index contributed by atoms with van der Waals surface area (Å²) in [6.45, 7) is 3.09. The molecule has 1 aliphatic heterocycles. The van der Waals surface area contributed by atoms with Gasteiger partial charge in [-0.15, -0.1) is 0 Å². The number of rotatable bonds is 10. The Balaban J connectivity index is 1.74. The van der Waals surface area contributed by atoms with E-state index in [2.05, 4.69) is 12.1 Å². The van der Waals surface area contributed by atoms with Crippen molar-refractivity contribution in [1.82, 2.24) is 0 Å². The van der Waals surface area contributed by atoms with Gasteiger partial charge in [0.05, 0.1) is 5.71 Å². The topological polar surface area (TPSA) is 21.6 Å². The van der Waals surface area contributed by atoms with Gasteiger partial charge in [-0.1, -0.05) is 63.4 Å². The predicted octanol–water partition coefficient (Wildman–Crippen LogP) is 4.68. The van der Waals surface area contributed by atoms with Crippen molar-refractivity contribution < 1.29 is 4.84 Å². The van der Waals surface area contributed by atoms with Crippen molar-refractivity contribution in [2.45, 2.75) is 77.6 Å². The summed E-state index contributed by atoms with van der Waals surface area (Å²) in [5.41, 5.74) is 1.28. The van der Waals surface area contributed by atoms with Crippen molar-refractivity contribution >= 4 is 5.71 Å². The van der Waals surface area contributed by atoms with E-state index in [-0.39, 0.29) is 0 Å². The molecular formula is C14H27NO. The third-order valence-corrected chi connectivity index (χ3v) is 3.24. The van der Waals surface area contributed by atoms with E-state index in [1.54, 1.807) is 0 Å². The maximum Gasteiger partial charge on any atom is 0.122 e. The van der Waals surface area contributed by atoms with Gasteiger partial charge in [-0.05, 0) is 12.8 Å². The molecular weight excluding hydrogens is 198 g/mol. The standard InChI is InChI=1S/C14H27NO/c1-2-3-4-5-6-7-8-9-10-11-14-12-13-16-15-14/h2-13H2,1H3. The first kappa shape index (κ1) is 13.5. The minimum Gasteiger partial charge on any atom is -0.395 e. The van der Waals surface area contributed by atoms with E-state index in [0.717, 1.165) is 19.4 Å². The van der Waals surface area contributed by atoms with Crippen LogP contribution in [0.2, 0.25) is 0 Å². The summed E-state index contributed by atoms with van der Waals surface area (Å²) in [6.07, 6.45) is 14.8. The van der Waals surface area contributed by atoms with E-state index in [1.807, 2.05) is 0 Å². The SMILES string of the molecule is CCCCCCCCCCCC1=NOCC1. The smallest absolute Gasteiger partial charge is 0.122 e. The molecule has 0 aromatic rings. The van der Waals surface area contributed by atoms with E-state index in [4.69, 9.17) is 4.84 Å². The molecule has 2 heteroatoms. The Morgan fingerprint density at radius 3 is 2.12 bits per heavy atom. The number of nitrogens with zero attached hydrogens (tertiary/aromatic N) is 1. The van der Waals surface area contributed by atoms with Crippen LogP contribution in [0.5, 0.6) is 0 Å². The van der Waals surface area contributed by atoms with Crippen molar-refractivity contribution in [3.05, 3.63) is 0 Å². The van der Waals surface area contributed by atoms with E-state index in [1.165, 1.54) is 63.5 Å². The fourth-order valence-corrected chi connectivity index (χ4v) is 2.16. The molecule has 0 spiro atoms. The minimum absolute atomic E-state index is 0.812. The van der Waals surface area contributed by atoms with Crippen LogP contribution in [0.25, 0.3) is 0 Å². The predicted molar refractivity (Wildman–Crippen MR) is 69.8 cm³/mol. The van der Waals surface area contributed by atoms with Crippen LogP contribution < -0.4 is 0 Å². The zero-order valence-electron chi connectivity index (χ0n) is 10.8. The highest BCUT2D eigenvalue weighted by molar-refractivity contribution is 5.84. The van der Waals surface area contributed by atoms with E-state index < -0.39 is 0 Å². The average molecular weight is 225 g/mol. The highest BCUT2D eigenvalue weighted by atomic mass is 16.6. The second-order valence-corrected chi connectivity index (χ2v) is 4.82. The van der Waals surface area contributed by atoms with Crippen molar-refractivity contribution in [3.8, 4) is 0 Å². The maximum atomic E-state index is 4.98. The molecule has 2 nitrogen and oxygen atoms in total. The third-order valence-electron chi connectivity index (χ3n) is 3.24. The maximum absolute atomic E-state index is 4.98. The van der Waals surface area contributed by atoms with Crippen LogP contribution in [-0.2, 0) is 4.84 Å². The van der Waals surface area contributed by atoms with Gasteiger partial charge >= 0.3 is 0 Å². The average Bonchev–Trinajstić information content (AvgIpc) is 2.80. The quantitative estimate of drug-likeness (QED) is 0.494. The van der Waals surface area contributed by atoms with Crippen molar-refractivity contribution in [2.75, 3.05) is 6.61 Å². The highest BCUT2D eigenvalue weighted by Gasteiger charge is 2.06. The molecule has 0 unspecified atom stereocenters. The van der Waals surface area contributed by atoms with Crippen molar-refractivity contribution in [1.29, 1.82) is 0 Å². The Kier molecular flexibility index (Phi) is 8.19. The Morgan fingerprint density at radius 1 is 0.938 bits per heavy atom. The Bertz CT molecular complexity index is 189. The molecule has 0 amide bonds. The van der Waals surface area contributed by atoms with Crippen molar-refractivity contribution in [3.63, 3.8) is 0 Å². The third kappa shape index (κ3) is 6.86. The monoisotopic (exact) mass is 225 g/mol. The van der Waals surface area contributed by atoms with Crippen LogP contribution in [0, 0.1) is 0 Å². The van der Waals surface area contributed by atoms with Crippen LogP contribution in [0.4, 0.5) is 0 Å². The zero-order chi connectivity index (χ0) is 11.5. The van der Waals surface area contributed by atoms with Crippen LogP contribution in [0.15, 0.2) is 5.16 Å². The molecule has 0 aromatic heterocycles. The van der Waals surface area contributed by atoms with Gasteiger partial charge in [-0.2, -0.15) is 0 Å². The lowest BCUT2D eigenvalue weighted by Gasteiger charge is -2.01. The Morgan fingerprint density at radius 2 is 1.56 bits per heavy atom. The van der Waals surface area contributed by atoms with Crippen LogP contribution in [0.1, 0.15) is 77.6 Å². The summed E-state index contributed by atoms with van der Waals surface area (Å²) in [5.74, 6) is 0. The fraction of sp³-hybridized carbons (Fsp3) is 0.929. The normalized spacial score (nSPS) is 14.9. The molecule has 0 fully saturated rings. The van der Waals surface area contributed by atoms with Crippen LogP contribution in [-0.4, -0.2) is 12.3 Å². The lowest BCUT2D eigenvalue weighted by Crippen LogP contribution is -1.94. The van der Waals surface area contributed by atoms with Gasteiger partial charge in [0.25, 0.3) is 0 Å². The molecule has 0 atom stereocenters. The number of unbranched alkanes of at least 4 members (excludes halogenated alkanes) is 8. The molecule has 94 valence electrons. The lowest BCUT2D eigenvalue weighted by atomic mass is 10.0. The minimum atomic E-state index is 0.812. The Labute approximate surface area is 100 Å². The Hall–Kier alpha value is -0.530. The molecule has 0 radical (unpaired) electrons. The number of hydrogen-bond acceptors (Lipinski definition) is 2. The van der Waals surface area contributed by atoms with E-state index in [9.17, 15) is 0 Å². The van der Waals surface area contributed by atoms with Gasteiger partial charge in [0.15, 0.2) is 0 Å². The summed E-state index contributed by atoms with van der Waals surface area (Å²) < 4.78 is 0. The fourth-order valence-electron chi connectivity index (χ4n) is 2.16. The summed E-state index contributed by atoms with van der Waals surface area (Å²) >= 11 is 0. The molecule has 0 saturated carbocycles. The van der Waals surface area contributed by atoms with Gasteiger partial charge in [0.2, 0.25) is 0 Å². The largest absolute Gasteiger partial charge is 0.395 e. The summed E-state index contributed by atoms with van der Waals surface area (Å²) in [4.78, 5) is 4.98. The first-order chi connectivity index (χ1) is 7.93. The second kappa shape index (κ2) is 9.68. The number of hydrogen-bond donors (Lipinski definition) is 0. The second-order valence-electron chi connectivity index (χ2n) is 4.82. The van der Waals surface area contributed by atoms with Gasteiger partial charge < -0.3 is 4.84 Å². The van der Waals surface area contributed by atoms with E-state index in [0.29, 0.717) is 0 Å². The lowest BCUT2D eigenvalue weighted by molar-refractivity contribution is 0.173. The van der Waals surface area contributed by atoms with Crippen LogP contribution in [0.3, 0.4) is 0 Å². The molecule has 1 aliphatic rings. The van der Waals surface area contributed by atoms with Gasteiger partial charge in [0, 0.05) is 6.42 Å².